The van der Waals surface area contributed by atoms with Crippen LogP contribution in [0, 0.1) is 0 Å². The van der Waals surface area contributed by atoms with Crippen molar-refractivity contribution in [2.24, 2.45) is 0 Å². The number of aliphatic hydroxyl groups is 1. The molecule has 2 N–H and O–H groups in total. The van der Waals surface area contributed by atoms with Gasteiger partial charge in [-0.05, 0) is 24.4 Å². The summed E-state index contributed by atoms with van der Waals surface area (Å²) in [7, 11) is 0. The van der Waals surface area contributed by atoms with Gasteiger partial charge < -0.3 is 10.4 Å². The summed E-state index contributed by atoms with van der Waals surface area (Å²) in [6.45, 7) is 0. The average Bonchev–Trinajstić information content (AvgIpc) is 2.74. The third-order valence-corrected chi connectivity index (χ3v) is 3.29. The molecule has 1 aromatic rings. The number of amides is 1. The molecule has 1 aromatic heterocycles. The van der Waals surface area contributed by atoms with Crippen molar-refractivity contribution in [2.75, 3.05) is 0 Å². The van der Waals surface area contributed by atoms with Crippen LogP contribution in [-0.2, 0) is 0 Å². The van der Waals surface area contributed by atoms with Crippen molar-refractivity contribution in [1.29, 1.82) is 0 Å². The number of aromatic nitrogens is 2. The molecule has 1 fully saturated rings. The number of nitrogens with zero attached hydrogens (tertiary/aromatic N) is 2. The molecule has 1 saturated carbocycles. The van der Waals surface area contributed by atoms with Crippen LogP contribution in [0.5, 0.6) is 0 Å². The number of aliphatic hydroxyl groups excluding tert-OH is 1. The fraction of sp³-hybridized carbons (Fsp3) is 0.667. The summed E-state index contributed by atoms with van der Waals surface area (Å²) < 4.78 is 3.62. The normalized spacial score (nSPS) is 26.2. The molecular formula is C9H13N3O2S. The quantitative estimate of drug-likeness (QED) is 0.774. The minimum absolute atomic E-state index is 0.117. The maximum atomic E-state index is 11.6. The summed E-state index contributed by atoms with van der Waals surface area (Å²) >= 11 is 1.07. The van der Waals surface area contributed by atoms with Crippen LogP contribution in [0.25, 0.3) is 0 Å². The van der Waals surface area contributed by atoms with Gasteiger partial charge in [0, 0.05) is 0 Å². The third-order valence-electron chi connectivity index (χ3n) is 2.63. The van der Waals surface area contributed by atoms with Gasteiger partial charge in [-0.25, -0.2) is 0 Å². The highest BCUT2D eigenvalue weighted by Gasteiger charge is 2.25. The van der Waals surface area contributed by atoms with Crippen LogP contribution < -0.4 is 5.32 Å². The lowest BCUT2D eigenvalue weighted by Crippen LogP contribution is -2.44. The highest BCUT2D eigenvalue weighted by Crippen LogP contribution is 2.18. The number of rotatable bonds is 2. The van der Waals surface area contributed by atoms with E-state index < -0.39 is 6.10 Å². The van der Waals surface area contributed by atoms with Crippen molar-refractivity contribution < 1.29 is 9.90 Å². The number of hydrogen-bond donors (Lipinski definition) is 2. The molecule has 5 nitrogen and oxygen atoms in total. The Hall–Kier alpha value is -1.01. The van der Waals surface area contributed by atoms with Gasteiger partial charge in [0.25, 0.3) is 5.91 Å². The van der Waals surface area contributed by atoms with Crippen LogP contribution in [0.15, 0.2) is 6.20 Å². The molecule has 1 aliphatic carbocycles. The van der Waals surface area contributed by atoms with E-state index >= 15 is 0 Å². The Bertz CT molecular complexity index is 328. The highest BCUT2D eigenvalue weighted by atomic mass is 32.1. The highest BCUT2D eigenvalue weighted by molar-refractivity contribution is 7.07. The summed E-state index contributed by atoms with van der Waals surface area (Å²) in [6.07, 6.45) is 4.74. The monoisotopic (exact) mass is 227 g/mol. The molecule has 0 aliphatic heterocycles. The molecule has 0 aromatic carbocycles. The van der Waals surface area contributed by atoms with Crippen molar-refractivity contribution in [3.63, 3.8) is 0 Å². The topological polar surface area (TPSA) is 75.1 Å². The van der Waals surface area contributed by atoms with Crippen molar-refractivity contribution in [3.05, 3.63) is 11.1 Å². The van der Waals surface area contributed by atoms with Gasteiger partial charge in [-0.15, -0.1) is 5.10 Å². The van der Waals surface area contributed by atoms with Crippen LogP contribution >= 0.6 is 11.5 Å². The van der Waals surface area contributed by atoms with Gasteiger partial charge in [-0.3, -0.25) is 4.79 Å². The van der Waals surface area contributed by atoms with Crippen LogP contribution in [-0.4, -0.2) is 32.7 Å². The molecular weight excluding hydrogens is 214 g/mol. The largest absolute Gasteiger partial charge is 0.391 e. The van der Waals surface area contributed by atoms with Gasteiger partial charge in [0.1, 0.15) is 4.88 Å². The molecule has 0 radical (unpaired) electrons. The van der Waals surface area contributed by atoms with Gasteiger partial charge in [0.05, 0.1) is 18.3 Å². The van der Waals surface area contributed by atoms with E-state index in [4.69, 9.17) is 0 Å². The van der Waals surface area contributed by atoms with Crippen molar-refractivity contribution >= 4 is 17.4 Å². The summed E-state index contributed by atoms with van der Waals surface area (Å²) in [5.74, 6) is -0.184. The predicted molar refractivity (Wildman–Crippen MR) is 55.6 cm³/mol. The molecule has 2 atom stereocenters. The van der Waals surface area contributed by atoms with Crippen molar-refractivity contribution in [1.82, 2.24) is 14.9 Å². The molecule has 15 heavy (non-hydrogen) atoms. The van der Waals surface area contributed by atoms with Gasteiger partial charge in [-0.2, -0.15) is 0 Å². The zero-order valence-corrected chi connectivity index (χ0v) is 9.04. The summed E-state index contributed by atoms with van der Waals surface area (Å²) in [5, 5.41) is 16.1. The SMILES string of the molecule is O=C(N[C@H]1CCCC[C@@H]1O)c1cnns1. The second kappa shape index (κ2) is 4.67. The standard InChI is InChI=1S/C9H13N3O2S/c13-7-4-2-1-3-6(7)11-9(14)8-5-10-12-15-8/h5-7,13H,1-4H2,(H,11,14)/t6-,7-/m0/s1. The van der Waals surface area contributed by atoms with E-state index in [1.807, 2.05) is 0 Å². The molecule has 6 heteroatoms. The number of hydrogen-bond acceptors (Lipinski definition) is 5. The number of carbonyl (C=O) groups excluding carboxylic acids is 1. The van der Waals surface area contributed by atoms with E-state index in [2.05, 4.69) is 14.9 Å². The molecule has 0 bridgehead atoms. The Morgan fingerprint density at radius 1 is 1.53 bits per heavy atom. The first-order valence-corrected chi connectivity index (χ1v) is 5.81. The lowest BCUT2D eigenvalue weighted by molar-refractivity contribution is 0.0720. The summed E-state index contributed by atoms with van der Waals surface area (Å²) in [6, 6.07) is -0.117. The third kappa shape index (κ3) is 2.51. The van der Waals surface area contributed by atoms with E-state index in [9.17, 15) is 9.90 Å². The van der Waals surface area contributed by atoms with Crippen LogP contribution in [0.1, 0.15) is 35.4 Å². The Labute approximate surface area is 91.7 Å². The average molecular weight is 227 g/mol. The molecule has 2 rings (SSSR count). The molecule has 1 heterocycles. The number of carbonyl (C=O) groups is 1. The summed E-state index contributed by atoms with van der Waals surface area (Å²) in [4.78, 5) is 12.1. The van der Waals surface area contributed by atoms with Crippen molar-refractivity contribution in [2.45, 2.75) is 37.8 Å². The Balaban J connectivity index is 1.93. The zero-order valence-electron chi connectivity index (χ0n) is 8.22. The lowest BCUT2D eigenvalue weighted by Gasteiger charge is -2.27. The fourth-order valence-corrected chi connectivity index (χ4v) is 2.20. The second-order valence-electron chi connectivity index (χ2n) is 3.71. The molecule has 1 aliphatic rings. The smallest absolute Gasteiger partial charge is 0.264 e. The molecule has 0 spiro atoms. The molecule has 1 amide bonds. The van der Waals surface area contributed by atoms with Gasteiger partial charge in [0.15, 0.2) is 0 Å². The zero-order chi connectivity index (χ0) is 10.7. The molecule has 82 valence electrons. The van der Waals surface area contributed by atoms with Crippen LogP contribution in [0.2, 0.25) is 0 Å². The minimum atomic E-state index is -0.413. The maximum absolute atomic E-state index is 11.6. The first kappa shape index (κ1) is 10.5. The Morgan fingerprint density at radius 2 is 2.33 bits per heavy atom. The summed E-state index contributed by atoms with van der Waals surface area (Å²) in [5.41, 5.74) is 0. The van der Waals surface area contributed by atoms with Crippen LogP contribution in [0.4, 0.5) is 0 Å². The first-order valence-electron chi connectivity index (χ1n) is 5.03. The molecule has 0 unspecified atom stereocenters. The Kier molecular flexibility index (Phi) is 3.27. The van der Waals surface area contributed by atoms with E-state index in [0.29, 0.717) is 4.88 Å². The number of nitrogens with one attached hydrogen (secondary N) is 1. The predicted octanol–water partition coefficient (Wildman–Crippen LogP) is 0.571. The first-order chi connectivity index (χ1) is 7.27. The van der Waals surface area contributed by atoms with Gasteiger partial charge in [0.2, 0.25) is 0 Å². The van der Waals surface area contributed by atoms with E-state index in [0.717, 1.165) is 37.2 Å². The van der Waals surface area contributed by atoms with Crippen LogP contribution in [0.3, 0.4) is 0 Å². The molecule has 0 saturated heterocycles. The van der Waals surface area contributed by atoms with Gasteiger partial charge >= 0.3 is 0 Å². The second-order valence-corrected chi connectivity index (χ2v) is 4.50. The van der Waals surface area contributed by atoms with E-state index in [-0.39, 0.29) is 11.9 Å². The minimum Gasteiger partial charge on any atom is -0.391 e. The fourth-order valence-electron chi connectivity index (χ4n) is 1.79. The van der Waals surface area contributed by atoms with Crippen molar-refractivity contribution in [3.8, 4) is 0 Å². The van der Waals surface area contributed by atoms with E-state index in [1.165, 1.54) is 6.20 Å². The van der Waals surface area contributed by atoms with E-state index in [1.54, 1.807) is 0 Å². The Morgan fingerprint density at radius 3 is 3.00 bits per heavy atom. The maximum Gasteiger partial charge on any atom is 0.264 e. The van der Waals surface area contributed by atoms with Gasteiger partial charge in [-0.1, -0.05) is 17.3 Å². The lowest BCUT2D eigenvalue weighted by atomic mass is 9.92.